The van der Waals surface area contributed by atoms with Gasteiger partial charge in [0.1, 0.15) is 5.78 Å². The first-order chi connectivity index (χ1) is 12.5. The lowest BCUT2D eigenvalue weighted by Gasteiger charge is -2.41. The summed E-state index contributed by atoms with van der Waals surface area (Å²) in [5.74, 6) is -0.330. The van der Waals surface area contributed by atoms with Gasteiger partial charge in [0.25, 0.3) is 0 Å². The van der Waals surface area contributed by atoms with Gasteiger partial charge in [-0.3, -0.25) is 4.79 Å². The molecule has 0 heterocycles. The molecular formula is C21H40N2O4. The molecule has 1 amide bonds. The summed E-state index contributed by atoms with van der Waals surface area (Å²) in [6.45, 7) is 12.2. The van der Waals surface area contributed by atoms with Gasteiger partial charge in [0.15, 0.2) is 5.79 Å². The van der Waals surface area contributed by atoms with Crippen LogP contribution in [0.15, 0.2) is 0 Å². The zero-order chi connectivity index (χ0) is 20.6. The van der Waals surface area contributed by atoms with Gasteiger partial charge in [-0.15, -0.1) is 0 Å². The van der Waals surface area contributed by atoms with E-state index in [9.17, 15) is 9.59 Å². The van der Waals surface area contributed by atoms with Crippen molar-refractivity contribution in [3.63, 3.8) is 0 Å². The minimum atomic E-state index is -0.482. The van der Waals surface area contributed by atoms with Crippen molar-refractivity contribution in [2.75, 3.05) is 33.4 Å². The van der Waals surface area contributed by atoms with Crippen LogP contribution in [0.25, 0.3) is 0 Å². The lowest BCUT2D eigenvalue weighted by Crippen LogP contribution is -2.41. The summed E-state index contributed by atoms with van der Waals surface area (Å²) in [5.41, 5.74) is -0.506. The fourth-order valence-corrected chi connectivity index (χ4v) is 3.58. The molecule has 0 unspecified atom stereocenters. The molecule has 6 nitrogen and oxygen atoms in total. The minimum absolute atomic E-state index is 0.00296. The van der Waals surface area contributed by atoms with Crippen LogP contribution in [-0.4, -0.2) is 50.8 Å². The number of ether oxygens (including phenoxy) is 2. The van der Waals surface area contributed by atoms with Crippen LogP contribution in [-0.2, 0) is 19.1 Å². The predicted octanol–water partition coefficient (Wildman–Crippen LogP) is 3.05. The van der Waals surface area contributed by atoms with E-state index in [0.29, 0.717) is 32.6 Å². The largest absolute Gasteiger partial charge is 0.354 e. The van der Waals surface area contributed by atoms with Crippen molar-refractivity contribution in [3.05, 3.63) is 0 Å². The van der Waals surface area contributed by atoms with Gasteiger partial charge in [0, 0.05) is 38.8 Å². The van der Waals surface area contributed by atoms with E-state index in [1.165, 1.54) is 0 Å². The third kappa shape index (κ3) is 7.88. The van der Waals surface area contributed by atoms with Gasteiger partial charge in [-0.1, -0.05) is 27.7 Å². The Kier molecular flexibility index (Phi) is 9.39. The van der Waals surface area contributed by atoms with Crippen LogP contribution in [0.5, 0.6) is 0 Å². The Bertz CT molecular complexity index is 483. The van der Waals surface area contributed by atoms with Crippen molar-refractivity contribution in [1.29, 1.82) is 0 Å². The Morgan fingerprint density at radius 3 is 1.96 bits per heavy atom. The molecular weight excluding hydrogens is 344 g/mol. The molecule has 1 rings (SSSR count). The Morgan fingerprint density at radius 1 is 0.926 bits per heavy atom. The van der Waals surface area contributed by atoms with Gasteiger partial charge in [-0.05, 0) is 37.6 Å². The zero-order valence-corrected chi connectivity index (χ0v) is 18.2. The highest BCUT2D eigenvalue weighted by atomic mass is 16.7. The summed E-state index contributed by atoms with van der Waals surface area (Å²) >= 11 is 0. The number of Topliss-reactive ketones (excluding diaryl/α,β-unsaturated/α-hetero) is 1. The van der Waals surface area contributed by atoms with Gasteiger partial charge in [0.2, 0.25) is 5.91 Å². The lowest BCUT2D eigenvalue weighted by atomic mass is 9.64. The van der Waals surface area contributed by atoms with E-state index in [-0.39, 0.29) is 22.5 Å². The molecule has 0 radical (unpaired) electrons. The number of rotatable bonds is 13. The van der Waals surface area contributed by atoms with Crippen LogP contribution < -0.4 is 10.6 Å². The first kappa shape index (κ1) is 24.1. The topological polar surface area (TPSA) is 76.7 Å². The minimum Gasteiger partial charge on any atom is -0.354 e. The highest BCUT2D eigenvalue weighted by Gasteiger charge is 2.39. The van der Waals surface area contributed by atoms with Crippen molar-refractivity contribution in [1.82, 2.24) is 10.6 Å². The van der Waals surface area contributed by atoms with Crippen molar-refractivity contribution < 1.29 is 19.1 Å². The van der Waals surface area contributed by atoms with Crippen molar-refractivity contribution >= 4 is 11.7 Å². The van der Waals surface area contributed by atoms with E-state index >= 15 is 0 Å². The molecule has 1 aliphatic rings. The molecule has 0 aromatic rings. The first-order valence-corrected chi connectivity index (χ1v) is 10.2. The van der Waals surface area contributed by atoms with E-state index in [4.69, 9.17) is 9.47 Å². The second kappa shape index (κ2) is 10.5. The maximum Gasteiger partial charge on any atom is 0.220 e. The van der Waals surface area contributed by atoms with Crippen LogP contribution in [0.1, 0.15) is 73.1 Å². The molecule has 1 aliphatic carbocycles. The second-order valence-corrected chi connectivity index (χ2v) is 9.09. The van der Waals surface area contributed by atoms with E-state index in [2.05, 4.69) is 38.3 Å². The maximum absolute atomic E-state index is 12.4. The molecule has 1 fully saturated rings. The molecule has 0 aromatic carbocycles. The van der Waals surface area contributed by atoms with Crippen LogP contribution in [0.4, 0.5) is 0 Å². The number of likely N-dealkylation sites (N-methyl/N-ethyl adjacent to an activating group) is 1. The summed E-state index contributed by atoms with van der Waals surface area (Å²) in [6.07, 6.45) is 4.92. The summed E-state index contributed by atoms with van der Waals surface area (Å²) in [5, 5.41) is 6.03. The fraction of sp³-hybridized carbons (Fsp3) is 0.905. The number of hydrogen-bond donors (Lipinski definition) is 2. The van der Waals surface area contributed by atoms with E-state index < -0.39 is 5.79 Å². The molecule has 0 saturated heterocycles. The molecule has 158 valence electrons. The highest BCUT2D eigenvalue weighted by molar-refractivity contribution is 5.78. The van der Waals surface area contributed by atoms with E-state index in [0.717, 1.165) is 32.2 Å². The Labute approximate surface area is 165 Å². The summed E-state index contributed by atoms with van der Waals surface area (Å²) in [4.78, 5) is 23.9. The number of amides is 1. The highest BCUT2D eigenvalue weighted by Crippen LogP contribution is 2.44. The summed E-state index contributed by atoms with van der Waals surface area (Å²) < 4.78 is 12.0. The van der Waals surface area contributed by atoms with Gasteiger partial charge in [0.05, 0.1) is 13.2 Å². The number of hydrogen-bond acceptors (Lipinski definition) is 5. The Balaban J connectivity index is 2.40. The predicted molar refractivity (Wildman–Crippen MR) is 108 cm³/mol. The molecule has 0 spiro atoms. The van der Waals surface area contributed by atoms with Crippen LogP contribution in [0.2, 0.25) is 0 Å². The molecule has 0 bridgehead atoms. The third-order valence-electron chi connectivity index (χ3n) is 6.00. The maximum atomic E-state index is 12.4. The normalized spacial score (nSPS) is 17.1. The van der Waals surface area contributed by atoms with Crippen LogP contribution in [0.3, 0.4) is 0 Å². The van der Waals surface area contributed by atoms with E-state index in [1.807, 2.05) is 7.05 Å². The van der Waals surface area contributed by atoms with Crippen molar-refractivity contribution in [2.45, 2.75) is 78.9 Å². The van der Waals surface area contributed by atoms with Gasteiger partial charge in [-0.2, -0.15) is 0 Å². The average Bonchev–Trinajstić information content (AvgIpc) is 2.99. The van der Waals surface area contributed by atoms with Crippen LogP contribution in [0, 0.1) is 10.8 Å². The molecule has 2 N–H and O–H groups in total. The second-order valence-electron chi connectivity index (χ2n) is 9.09. The monoisotopic (exact) mass is 384 g/mol. The average molecular weight is 385 g/mol. The summed E-state index contributed by atoms with van der Waals surface area (Å²) in [7, 11) is 1.90. The number of carbonyl (C=O) groups is 2. The third-order valence-corrected chi connectivity index (χ3v) is 6.00. The molecule has 0 atom stereocenters. The Hall–Kier alpha value is -0.980. The summed E-state index contributed by atoms with van der Waals surface area (Å²) in [6, 6.07) is 0. The van der Waals surface area contributed by atoms with Gasteiger partial charge in [-0.25, -0.2) is 0 Å². The van der Waals surface area contributed by atoms with Crippen molar-refractivity contribution in [3.8, 4) is 0 Å². The zero-order valence-electron chi connectivity index (χ0n) is 18.2. The lowest BCUT2D eigenvalue weighted by molar-refractivity contribution is -0.230. The quantitative estimate of drug-likeness (QED) is 0.377. The molecule has 0 aromatic heterocycles. The van der Waals surface area contributed by atoms with E-state index in [1.54, 1.807) is 6.92 Å². The Morgan fingerprint density at radius 2 is 1.44 bits per heavy atom. The number of ketones is 1. The molecule has 6 heteroatoms. The van der Waals surface area contributed by atoms with Crippen LogP contribution >= 0.6 is 0 Å². The standard InChI is InChI=1S/C21H40N2O4/c1-17(24)15-19(2,3)20(4,5)16-18(25)23-12-14-27-21(9-7-8-10-21)26-13-11-22-6/h22H,7-16H2,1-6H3,(H,23,25). The fourth-order valence-electron chi connectivity index (χ4n) is 3.58. The number of carbonyl (C=O) groups excluding carboxylic acids is 2. The number of nitrogens with one attached hydrogen (secondary N) is 2. The smallest absolute Gasteiger partial charge is 0.220 e. The molecule has 1 saturated carbocycles. The van der Waals surface area contributed by atoms with Crippen molar-refractivity contribution in [2.24, 2.45) is 10.8 Å². The molecule has 0 aliphatic heterocycles. The SMILES string of the molecule is CNCCOC1(OCCNC(=O)CC(C)(C)C(C)(C)CC(C)=O)CCCC1. The first-order valence-electron chi connectivity index (χ1n) is 10.2. The van der Waals surface area contributed by atoms with Gasteiger partial charge >= 0.3 is 0 Å². The molecule has 27 heavy (non-hydrogen) atoms. The van der Waals surface area contributed by atoms with Gasteiger partial charge < -0.3 is 24.9 Å².